The summed E-state index contributed by atoms with van der Waals surface area (Å²) in [5, 5.41) is 3.80. The average Bonchev–Trinajstić information content (AvgIpc) is 3.85. The van der Waals surface area contributed by atoms with Crippen molar-refractivity contribution in [1.29, 1.82) is 0 Å². The van der Waals surface area contributed by atoms with Gasteiger partial charge in [-0.25, -0.2) is 19.9 Å². The summed E-state index contributed by atoms with van der Waals surface area (Å²) in [6, 6.07) is 43.8. The molecule has 220 valence electrons. The average molecular weight is 607 g/mol. The van der Waals surface area contributed by atoms with E-state index in [9.17, 15) is 0 Å². The van der Waals surface area contributed by atoms with Gasteiger partial charge in [-0.2, -0.15) is 0 Å². The molecule has 0 atom stereocenters. The summed E-state index contributed by atoms with van der Waals surface area (Å²) >= 11 is 0. The highest BCUT2D eigenvalue weighted by Crippen LogP contribution is 2.41. The van der Waals surface area contributed by atoms with E-state index >= 15 is 0 Å². The van der Waals surface area contributed by atoms with Crippen LogP contribution in [0.15, 0.2) is 147 Å². The molecule has 0 unspecified atom stereocenters. The molecule has 0 aliphatic carbocycles. The highest BCUT2D eigenvalue weighted by Gasteiger charge is 2.21. The third-order valence-electron chi connectivity index (χ3n) is 8.58. The number of oxazole rings is 1. The van der Waals surface area contributed by atoms with Gasteiger partial charge in [-0.3, -0.25) is 0 Å². The van der Waals surface area contributed by atoms with Crippen LogP contribution in [0, 0.1) is 0 Å². The van der Waals surface area contributed by atoms with Crippen LogP contribution in [0.3, 0.4) is 0 Å². The molecular weight excluding hydrogens is 584 g/mol. The first-order valence-corrected chi connectivity index (χ1v) is 15.3. The Morgan fingerprint density at radius 3 is 1.77 bits per heavy atom. The van der Waals surface area contributed by atoms with Gasteiger partial charge in [0.25, 0.3) is 0 Å². The second kappa shape index (κ2) is 9.95. The predicted octanol–water partition coefficient (Wildman–Crippen LogP) is 10.5. The van der Waals surface area contributed by atoms with Crippen molar-refractivity contribution in [3.05, 3.63) is 133 Å². The lowest BCUT2D eigenvalue weighted by molar-refractivity contribution is 0.622. The molecule has 4 aromatic heterocycles. The molecule has 10 rings (SSSR count). The maximum Gasteiger partial charge on any atom is 0.228 e. The van der Waals surface area contributed by atoms with Crippen LogP contribution in [0.4, 0.5) is 0 Å². The van der Waals surface area contributed by atoms with E-state index in [1.54, 1.807) is 0 Å². The van der Waals surface area contributed by atoms with Gasteiger partial charge in [0.2, 0.25) is 5.89 Å². The smallest absolute Gasteiger partial charge is 0.228 e. The first-order chi connectivity index (χ1) is 23.3. The summed E-state index contributed by atoms with van der Waals surface area (Å²) < 4.78 is 19.1. The van der Waals surface area contributed by atoms with Gasteiger partial charge in [-0.1, -0.05) is 91.0 Å². The quantitative estimate of drug-likeness (QED) is 0.197. The highest BCUT2D eigenvalue weighted by molar-refractivity contribution is 6.17. The van der Waals surface area contributed by atoms with Crippen LogP contribution in [0.2, 0.25) is 0 Å². The predicted molar refractivity (Wildman–Crippen MR) is 184 cm³/mol. The lowest BCUT2D eigenvalue weighted by atomic mass is 10.1. The first kappa shape index (κ1) is 25.7. The summed E-state index contributed by atoms with van der Waals surface area (Å²) in [5.41, 5.74) is 8.00. The molecule has 6 aromatic carbocycles. The van der Waals surface area contributed by atoms with Crippen molar-refractivity contribution >= 4 is 55.0 Å². The molecule has 4 heterocycles. The van der Waals surface area contributed by atoms with Gasteiger partial charge in [-0.15, -0.1) is 0 Å². The molecule has 7 nitrogen and oxygen atoms in total. The zero-order valence-electron chi connectivity index (χ0n) is 24.7. The van der Waals surface area contributed by atoms with Crippen molar-refractivity contribution in [3.8, 4) is 45.6 Å². The molecule has 10 aromatic rings. The Labute approximate surface area is 266 Å². The summed E-state index contributed by atoms with van der Waals surface area (Å²) in [6.45, 7) is 0. The van der Waals surface area contributed by atoms with E-state index in [4.69, 9.17) is 33.2 Å². The minimum atomic E-state index is 0.530. The Morgan fingerprint density at radius 1 is 0.383 bits per heavy atom. The van der Waals surface area contributed by atoms with Crippen LogP contribution in [-0.2, 0) is 0 Å². The van der Waals surface area contributed by atoms with Crippen molar-refractivity contribution in [3.63, 3.8) is 0 Å². The van der Waals surface area contributed by atoms with Gasteiger partial charge in [0.05, 0.1) is 5.39 Å². The zero-order valence-corrected chi connectivity index (χ0v) is 24.7. The molecule has 0 N–H and O–H groups in total. The third kappa shape index (κ3) is 4.07. The molecule has 0 amide bonds. The maximum absolute atomic E-state index is 6.56. The highest BCUT2D eigenvalue weighted by atomic mass is 16.4. The second-order valence-corrected chi connectivity index (χ2v) is 11.4. The standard InChI is InChI=1S/C40H22N4O3/c1-3-10-23(11-4-1)37-42-38(24-12-5-2-6-13-24)44-39(43-37)25-18-19-27-33(22-25)46-32-21-20-29-36(35(27)32)47-40(41-29)28-15-9-17-31-34(28)26-14-7-8-16-30(26)45-31/h1-22H. The van der Waals surface area contributed by atoms with Crippen molar-refractivity contribution in [1.82, 2.24) is 19.9 Å². The van der Waals surface area contributed by atoms with Crippen LogP contribution in [0.25, 0.3) is 101 Å². The van der Waals surface area contributed by atoms with Crippen molar-refractivity contribution in [2.45, 2.75) is 0 Å². The van der Waals surface area contributed by atoms with Crippen LogP contribution >= 0.6 is 0 Å². The molecule has 0 radical (unpaired) electrons. The minimum absolute atomic E-state index is 0.530. The fourth-order valence-corrected chi connectivity index (χ4v) is 6.39. The lowest BCUT2D eigenvalue weighted by Gasteiger charge is -2.08. The molecular formula is C40H22N4O3. The van der Waals surface area contributed by atoms with E-state index in [1.165, 1.54) is 0 Å². The molecule has 0 spiro atoms. The van der Waals surface area contributed by atoms with Crippen LogP contribution in [-0.4, -0.2) is 19.9 Å². The fourth-order valence-electron chi connectivity index (χ4n) is 6.39. The largest absolute Gasteiger partial charge is 0.456 e. The number of furan rings is 2. The lowest BCUT2D eigenvalue weighted by Crippen LogP contribution is -2.00. The SMILES string of the molecule is c1ccc(-c2nc(-c3ccccc3)nc(-c3ccc4c(c3)oc3ccc5nc(-c6cccc7oc8ccccc8c67)oc5c34)n2)cc1. The Bertz CT molecular complexity index is 2740. The summed E-state index contributed by atoms with van der Waals surface area (Å²) in [7, 11) is 0. The molecule has 0 saturated heterocycles. The topological polar surface area (TPSA) is 91.0 Å². The third-order valence-corrected chi connectivity index (χ3v) is 8.58. The molecule has 47 heavy (non-hydrogen) atoms. The number of fused-ring (bicyclic) bond motifs is 8. The van der Waals surface area contributed by atoms with E-state index < -0.39 is 0 Å². The molecule has 0 saturated carbocycles. The van der Waals surface area contributed by atoms with Crippen molar-refractivity contribution in [2.75, 3.05) is 0 Å². The summed E-state index contributed by atoms with van der Waals surface area (Å²) in [5.74, 6) is 2.31. The molecule has 0 aliphatic heterocycles. The van der Waals surface area contributed by atoms with Gasteiger partial charge >= 0.3 is 0 Å². The Balaban J connectivity index is 1.13. The number of benzene rings is 6. The van der Waals surface area contributed by atoms with Crippen LogP contribution in [0.1, 0.15) is 0 Å². The Morgan fingerprint density at radius 2 is 1.00 bits per heavy atom. The number of aromatic nitrogens is 4. The monoisotopic (exact) mass is 606 g/mol. The molecule has 0 bridgehead atoms. The number of nitrogens with zero attached hydrogens (tertiary/aromatic N) is 4. The van der Waals surface area contributed by atoms with Crippen LogP contribution in [0.5, 0.6) is 0 Å². The number of rotatable bonds is 4. The molecule has 7 heteroatoms. The number of para-hydroxylation sites is 1. The van der Waals surface area contributed by atoms with E-state index in [1.807, 2.05) is 127 Å². The molecule has 0 aliphatic rings. The number of hydrogen-bond donors (Lipinski definition) is 0. The van der Waals surface area contributed by atoms with Crippen LogP contribution < -0.4 is 0 Å². The van der Waals surface area contributed by atoms with Gasteiger partial charge < -0.3 is 13.3 Å². The zero-order chi connectivity index (χ0) is 30.9. The van der Waals surface area contributed by atoms with Gasteiger partial charge in [0, 0.05) is 38.4 Å². The normalized spacial score (nSPS) is 11.8. The Kier molecular flexibility index (Phi) is 5.44. The van der Waals surface area contributed by atoms with E-state index in [0.717, 1.165) is 60.5 Å². The van der Waals surface area contributed by atoms with Crippen molar-refractivity contribution in [2.24, 2.45) is 0 Å². The number of hydrogen-bond acceptors (Lipinski definition) is 7. The van der Waals surface area contributed by atoms with Gasteiger partial charge in [0.15, 0.2) is 23.1 Å². The van der Waals surface area contributed by atoms with Gasteiger partial charge in [-0.05, 0) is 42.5 Å². The maximum atomic E-state index is 6.56. The molecule has 0 fully saturated rings. The van der Waals surface area contributed by atoms with E-state index in [-0.39, 0.29) is 0 Å². The van der Waals surface area contributed by atoms with E-state index in [0.29, 0.717) is 40.1 Å². The summed E-state index contributed by atoms with van der Waals surface area (Å²) in [6.07, 6.45) is 0. The van der Waals surface area contributed by atoms with E-state index in [2.05, 4.69) is 6.07 Å². The van der Waals surface area contributed by atoms with Gasteiger partial charge in [0.1, 0.15) is 27.8 Å². The second-order valence-electron chi connectivity index (χ2n) is 11.4. The first-order valence-electron chi connectivity index (χ1n) is 15.3. The summed E-state index contributed by atoms with van der Waals surface area (Å²) in [4.78, 5) is 19.5. The minimum Gasteiger partial charge on any atom is -0.456 e. The fraction of sp³-hybridized carbons (Fsp3) is 0. The van der Waals surface area contributed by atoms with Crippen molar-refractivity contribution < 1.29 is 13.3 Å². The Hall–Kier alpha value is -6.60.